The van der Waals surface area contributed by atoms with Crippen LogP contribution in [0.5, 0.6) is 11.5 Å². The van der Waals surface area contributed by atoms with E-state index in [0.717, 1.165) is 37.7 Å². The van der Waals surface area contributed by atoms with Crippen LogP contribution >= 0.6 is 0 Å². The van der Waals surface area contributed by atoms with Gasteiger partial charge < -0.3 is 35.3 Å². The smallest absolute Gasteiger partial charge is 0.328 e. The molecule has 0 radical (unpaired) electrons. The Morgan fingerprint density at radius 1 is 0.926 bits per heavy atom. The van der Waals surface area contributed by atoms with Crippen LogP contribution in [0.2, 0.25) is 0 Å². The predicted octanol–water partition coefficient (Wildman–Crippen LogP) is 4.96. The first-order chi connectivity index (χ1) is 25.9. The Morgan fingerprint density at radius 2 is 1.65 bits per heavy atom. The van der Waals surface area contributed by atoms with E-state index in [1.807, 2.05) is 36.4 Å². The van der Waals surface area contributed by atoms with Gasteiger partial charge in [0.05, 0.1) is 31.3 Å². The van der Waals surface area contributed by atoms with E-state index < -0.39 is 65.7 Å². The summed E-state index contributed by atoms with van der Waals surface area (Å²) < 4.78 is 17.0. The molecule has 1 heterocycles. The van der Waals surface area contributed by atoms with Gasteiger partial charge >= 0.3 is 11.9 Å². The predicted molar refractivity (Wildman–Crippen MR) is 201 cm³/mol. The van der Waals surface area contributed by atoms with E-state index in [1.54, 1.807) is 52.2 Å². The number of carboxylic acids is 1. The topological polar surface area (TPSA) is 182 Å². The Morgan fingerprint density at radius 3 is 2.28 bits per heavy atom. The molecule has 1 fully saturated rings. The van der Waals surface area contributed by atoms with Gasteiger partial charge in [0.1, 0.15) is 35.7 Å². The molecule has 288 valence electrons. The van der Waals surface area contributed by atoms with Crippen molar-refractivity contribution in [2.75, 3.05) is 14.2 Å². The molecule has 5 atom stereocenters. The molecule has 2 aromatic carbocycles. The van der Waals surface area contributed by atoms with Crippen molar-refractivity contribution >= 4 is 40.6 Å². The third-order valence-electron chi connectivity index (χ3n) is 10.2. The average Bonchev–Trinajstić information content (AvgIpc) is 3.61. The Hall–Kier alpha value is -5.46. The molecule has 0 bridgehead atoms. The number of hydrogen-bond acceptors (Lipinski definition) is 9. The van der Waals surface area contributed by atoms with Crippen LogP contribution in [-0.2, 0) is 28.7 Å². The van der Waals surface area contributed by atoms with E-state index in [9.17, 15) is 29.1 Å². The standard InChI is InChI=1S/C41H50N4O9/c1-6-31(40(49)50)43-37(46)29-19-27(54-34-22-32(24-13-9-7-10-14-24)42-33-21-26(52-4)17-18-28(33)34)20-30(29)38(47)44-35(23(2)3)39(48)45-36(41(51)53-5)25-15-11-8-12-16-25/h7,9-10,13-14,17-18,20-23,25,27,29,31,35-36H,6,8,11-12,15-16,19H2,1-5H3,(H,43,46)(H,44,47)(H,45,48)(H,49,50)/t27-,29-,31+,35+,36-/m1/s1. The van der Waals surface area contributed by atoms with Crippen LogP contribution < -0.4 is 25.4 Å². The maximum absolute atomic E-state index is 14.1. The first-order valence-corrected chi connectivity index (χ1v) is 18.6. The highest BCUT2D eigenvalue weighted by Crippen LogP contribution is 2.36. The summed E-state index contributed by atoms with van der Waals surface area (Å²) in [5.41, 5.74) is 2.13. The van der Waals surface area contributed by atoms with Gasteiger partial charge in [-0.05, 0) is 49.3 Å². The van der Waals surface area contributed by atoms with Gasteiger partial charge in [0, 0.05) is 35.1 Å². The van der Waals surface area contributed by atoms with Crippen LogP contribution in [0, 0.1) is 17.8 Å². The zero-order chi connectivity index (χ0) is 38.9. The molecule has 0 unspecified atom stereocenters. The van der Waals surface area contributed by atoms with E-state index in [-0.39, 0.29) is 24.3 Å². The number of methoxy groups -OCH3 is 2. The highest BCUT2D eigenvalue weighted by Gasteiger charge is 2.40. The second-order valence-electron chi connectivity index (χ2n) is 14.2. The molecule has 3 aromatic rings. The number of pyridine rings is 1. The lowest BCUT2D eigenvalue weighted by Gasteiger charge is -2.31. The summed E-state index contributed by atoms with van der Waals surface area (Å²) >= 11 is 0. The third kappa shape index (κ3) is 9.36. The molecule has 2 aliphatic carbocycles. The second-order valence-corrected chi connectivity index (χ2v) is 14.2. The van der Waals surface area contributed by atoms with E-state index in [1.165, 1.54) is 7.11 Å². The van der Waals surface area contributed by atoms with Crippen molar-refractivity contribution in [2.45, 2.75) is 89.9 Å². The number of ether oxygens (including phenoxy) is 3. The molecule has 4 N–H and O–H groups in total. The maximum atomic E-state index is 14.1. The Balaban J connectivity index is 1.46. The minimum atomic E-state index is -1.20. The molecule has 0 aliphatic heterocycles. The van der Waals surface area contributed by atoms with E-state index in [4.69, 9.17) is 19.2 Å². The summed E-state index contributed by atoms with van der Waals surface area (Å²) in [6, 6.07) is 13.7. The van der Waals surface area contributed by atoms with Crippen LogP contribution in [0.15, 0.2) is 66.2 Å². The van der Waals surface area contributed by atoms with Crippen molar-refractivity contribution in [3.63, 3.8) is 0 Å². The highest BCUT2D eigenvalue weighted by atomic mass is 16.5. The van der Waals surface area contributed by atoms with Gasteiger partial charge in [-0.25, -0.2) is 14.6 Å². The number of esters is 1. The van der Waals surface area contributed by atoms with Crippen LogP contribution in [-0.4, -0.2) is 78.2 Å². The lowest BCUT2D eigenvalue weighted by molar-refractivity contribution is -0.147. The van der Waals surface area contributed by atoms with Gasteiger partial charge in [-0.3, -0.25) is 14.4 Å². The largest absolute Gasteiger partial charge is 0.497 e. The zero-order valence-corrected chi connectivity index (χ0v) is 31.4. The number of carboxylic acid groups (broad SMARTS) is 1. The van der Waals surface area contributed by atoms with E-state index >= 15 is 0 Å². The van der Waals surface area contributed by atoms with Crippen LogP contribution in [0.25, 0.3) is 22.2 Å². The number of amides is 3. The summed E-state index contributed by atoms with van der Waals surface area (Å²) in [4.78, 5) is 71.2. The van der Waals surface area contributed by atoms with Crippen molar-refractivity contribution in [3.05, 3.63) is 66.2 Å². The van der Waals surface area contributed by atoms with Crippen molar-refractivity contribution in [3.8, 4) is 22.8 Å². The number of carbonyl (C=O) groups is 5. The van der Waals surface area contributed by atoms with E-state index in [0.29, 0.717) is 28.1 Å². The summed E-state index contributed by atoms with van der Waals surface area (Å²) in [5.74, 6) is -4.14. The summed E-state index contributed by atoms with van der Waals surface area (Å²) in [7, 11) is 2.85. The Kier molecular flexibility index (Phi) is 13.3. The lowest BCUT2D eigenvalue weighted by Crippen LogP contribution is -2.56. The Bertz CT molecular complexity index is 1870. The van der Waals surface area contributed by atoms with Crippen molar-refractivity contribution < 1.29 is 43.3 Å². The zero-order valence-electron chi connectivity index (χ0n) is 31.4. The normalized spacial score (nSPS) is 18.9. The molecular weight excluding hydrogens is 692 g/mol. The fourth-order valence-corrected chi connectivity index (χ4v) is 7.21. The fraction of sp³-hybridized carbons (Fsp3) is 0.463. The lowest BCUT2D eigenvalue weighted by atomic mass is 9.83. The number of aliphatic carboxylic acids is 1. The fourth-order valence-electron chi connectivity index (χ4n) is 7.21. The van der Waals surface area contributed by atoms with Crippen LogP contribution in [0.4, 0.5) is 0 Å². The SMILES string of the molecule is CC[C@H](NC(=O)[C@@H]1C[C@@H](Oc2cc(-c3ccccc3)nc3cc(OC)ccc23)C=C1C(=O)N[C@H](C(=O)N[C@@H](C(=O)OC)C1CCCCC1)C(C)C)C(=O)O. The van der Waals surface area contributed by atoms with E-state index in [2.05, 4.69) is 16.0 Å². The number of carbonyl (C=O) groups excluding carboxylic acids is 4. The second kappa shape index (κ2) is 18.0. The minimum Gasteiger partial charge on any atom is -0.497 e. The van der Waals surface area contributed by atoms with Gasteiger partial charge in [-0.1, -0.05) is 70.4 Å². The number of nitrogens with one attached hydrogen (secondary N) is 3. The van der Waals surface area contributed by atoms with Crippen LogP contribution in [0.1, 0.15) is 65.7 Å². The monoisotopic (exact) mass is 742 g/mol. The van der Waals surface area contributed by atoms with Crippen molar-refractivity contribution in [1.82, 2.24) is 20.9 Å². The summed E-state index contributed by atoms with van der Waals surface area (Å²) in [5, 5.41) is 18.6. The van der Waals surface area contributed by atoms with Crippen LogP contribution in [0.3, 0.4) is 0 Å². The molecule has 0 saturated heterocycles. The Labute approximate surface area is 315 Å². The molecule has 13 nitrogen and oxygen atoms in total. The van der Waals surface area contributed by atoms with Gasteiger partial charge in [-0.15, -0.1) is 0 Å². The first-order valence-electron chi connectivity index (χ1n) is 18.6. The minimum absolute atomic E-state index is 0.0237. The number of hydrogen-bond donors (Lipinski definition) is 4. The van der Waals surface area contributed by atoms with Gasteiger partial charge in [-0.2, -0.15) is 0 Å². The molecule has 5 rings (SSSR count). The number of fused-ring (bicyclic) bond motifs is 1. The molecular formula is C41H50N4O9. The molecule has 13 heteroatoms. The first kappa shape index (κ1) is 39.7. The quantitative estimate of drug-likeness (QED) is 0.155. The average molecular weight is 743 g/mol. The van der Waals surface area contributed by atoms with Crippen molar-refractivity contribution in [1.29, 1.82) is 0 Å². The van der Waals surface area contributed by atoms with Gasteiger partial charge in [0.2, 0.25) is 17.7 Å². The number of benzene rings is 2. The summed E-state index contributed by atoms with van der Waals surface area (Å²) in [6.07, 6.45) is 5.40. The van der Waals surface area contributed by atoms with Crippen molar-refractivity contribution in [2.24, 2.45) is 17.8 Å². The molecule has 2 aliphatic rings. The van der Waals surface area contributed by atoms with Gasteiger partial charge in [0.15, 0.2) is 0 Å². The molecule has 0 spiro atoms. The molecule has 3 amide bonds. The van der Waals surface area contributed by atoms with Gasteiger partial charge in [0.25, 0.3) is 0 Å². The third-order valence-corrected chi connectivity index (χ3v) is 10.2. The molecule has 1 aromatic heterocycles. The number of rotatable bonds is 15. The molecule has 1 saturated carbocycles. The number of aromatic nitrogens is 1. The summed E-state index contributed by atoms with van der Waals surface area (Å²) in [6.45, 7) is 5.17. The number of nitrogens with zero attached hydrogens (tertiary/aromatic N) is 1. The molecule has 54 heavy (non-hydrogen) atoms. The highest BCUT2D eigenvalue weighted by molar-refractivity contribution is 6.03. The maximum Gasteiger partial charge on any atom is 0.328 e.